The van der Waals surface area contributed by atoms with Crippen molar-refractivity contribution in [3.8, 4) is 0 Å². The van der Waals surface area contributed by atoms with Crippen molar-refractivity contribution in [2.24, 2.45) is 5.41 Å². The van der Waals surface area contributed by atoms with E-state index in [1.807, 2.05) is 19.1 Å². The van der Waals surface area contributed by atoms with E-state index in [1.165, 1.54) is 14.2 Å². The molecule has 0 N–H and O–H groups in total. The van der Waals surface area contributed by atoms with Gasteiger partial charge in [0.05, 0.1) is 19.6 Å². The minimum absolute atomic E-state index is 0.0995. The van der Waals surface area contributed by atoms with E-state index in [4.69, 9.17) is 4.79 Å². The van der Waals surface area contributed by atoms with E-state index >= 15 is 0 Å². The number of hydrogen-bond acceptors (Lipinski definition) is 4. The lowest BCUT2D eigenvalue weighted by molar-refractivity contribution is -0.151. The molecule has 0 fully saturated rings. The molecule has 1 aliphatic rings. The van der Waals surface area contributed by atoms with Gasteiger partial charge in [0, 0.05) is 0 Å². The first-order valence-electron chi connectivity index (χ1n) is 4.30. The Morgan fingerprint density at radius 1 is 1.36 bits per heavy atom. The zero-order chi connectivity index (χ0) is 11.0. The molecule has 0 spiro atoms. The Balaban J connectivity index is 0.000000364. The van der Waals surface area contributed by atoms with Gasteiger partial charge in [-0.05, 0) is 19.8 Å². The Morgan fingerprint density at radius 3 is 2.07 bits per heavy atom. The van der Waals surface area contributed by atoms with Gasteiger partial charge in [-0.15, -0.1) is 0 Å². The number of esters is 1. The van der Waals surface area contributed by atoms with Gasteiger partial charge < -0.3 is 9.47 Å². The van der Waals surface area contributed by atoms with Crippen LogP contribution in [-0.2, 0) is 19.1 Å². The molecule has 0 saturated heterocycles. The fourth-order valence-corrected chi connectivity index (χ4v) is 1.18. The third-order valence-corrected chi connectivity index (χ3v) is 2.08. The molecule has 0 aromatic rings. The number of carbonyl (C=O) groups is 2. The lowest BCUT2D eigenvalue weighted by Gasteiger charge is -2.19. The minimum Gasteiger partial charge on any atom is -0.471 e. The van der Waals surface area contributed by atoms with Gasteiger partial charge >= 0.3 is 5.97 Å². The molecular weight excluding hydrogens is 184 g/mol. The summed E-state index contributed by atoms with van der Waals surface area (Å²) in [6.45, 7) is 2.30. The van der Waals surface area contributed by atoms with Crippen LogP contribution in [0.15, 0.2) is 12.2 Å². The van der Waals surface area contributed by atoms with Gasteiger partial charge in [0.25, 0.3) is 6.47 Å². The number of ether oxygens (including phenoxy) is 2. The van der Waals surface area contributed by atoms with E-state index < -0.39 is 0 Å². The average Bonchev–Trinajstić information content (AvgIpc) is 2.65. The maximum absolute atomic E-state index is 11.1. The zero-order valence-corrected chi connectivity index (χ0v) is 8.78. The highest BCUT2D eigenvalue weighted by Gasteiger charge is 2.34. The van der Waals surface area contributed by atoms with Crippen molar-refractivity contribution in [2.45, 2.75) is 19.8 Å². The average molecular weight is 200 g/mol. The van der Waals surface area contributed by atoms with E-state index in [0.29, 0.717) is 6.47 Å². The number of hydrogen-bond donors (Lipinski definition) is 0. The Labute approximate surface area is 83.9 Å². The summed E-state index contributed by atoms with van der Waals surface area (Å²) >= 11 is 0. The quantitative estimate of drug-likeness (QED) is 0.383. The lowest BCUT2D eigenvalue weighted by atomic mass is 9.88. The molecule has 1 rings (SSSR count). The van der Waals surface area contributed by atoms with E-state index in [9.17, 15) is 4.79 Å². The molecule has 0 aliphatic heterocycles. The number of rotatable bonds is 2. The molecule has 0 heterocycles. The highest BCUT2D eigenvalue weighted by atomic mass is 16.5. The second kappa shape index (κ2) is 6.18. The Hall–Kier alpha value is -1.32. The summed E-state index contributed by atoms with van der Waals surface area (Å²) < 4.78 is 8.52. The van der Waals surface area contributed by atoms with Crippen molar-refractivity contribution in [1.82, 2.24) is 0 Å². The van der Waals surface area contributed by atoms with E-state index in [-0.39, 0.29) is 11.4 Å². The maximum Gasteiger partial charge on any atom is 0.312 e. The van der Waals surface area contributed by atoms with Crippen molar-refractivity contribution in [2.75, 3.05) is 14.2 Å². The predicted octanol–water partition coefficient (Wildman–Crippen LogP) is 1.30. The smallest absolute Gasteiger partial charge is 0.312 e. The molecule has 4 nitrogen and oxygen atoms in total. The predicted molar refractivity (Wildman–Crippen MR) is 51.6 cm³/mol. The van der Waals surface area contributed by atoms with Crippen LogP contribution in [0.1, 0.15) is 19.8 Å². The van der Waals surface area contributed by atoms with Crippen LogP contribution >= 0.6 is 0 Å². The van der Waals surface area contributed by atoms with Gasteiger partial charge in [0.1, 0.15) is 0 Å². The molecule has 0 bridgehead atoms. The molecule has 0 amide bonds. The van der Waals surface area contributed by atoms with Crippen molar-refractivity contribution < 1.29 is 19.1 Å². The standard InChI is InChI=1S/C8H12O2.C2H4O2/c1-8(7(9)10-2)5-3-4-6-8;1-4-2-3/h3-4H,5-6H2,1-2H3;2H,1H3. The van der Waals surface area contributed by atoms with Crippen LogP contribution in [0.3, 0.4) is 0 Å². The minimum atomic E-state index is -0.269. The normalized spacial score (nSPS) is 16.5. The van der Waals surface area contributed by atoms with Gasteiger partial charge in [-0.3, -0.25) is 9.59 Å². The van der Waals surface area contributed by atoms with Gasteiger partial charge in [-0.1, -0.05) is 12.2 Å². The number of carbonyl (C=O) groups excluding carboxylic acids is 2. The fourth-order valence-electron chi connectivity index (χ4n) is 1.18. The summed E-state index contributed by atoms with van der Waals surface area (Å²) in [5.74, 6) is -0.0995. The summed E-state index contributed by atoms with van der Waals surface area (Å²) in [4.78, 5) is 20.0. The molecule has 0 radical (unpaired) electrons. The third kappa shape index (κ3) is 3.60. The van der Waals surface area contributed by atoms with E-state index in [0.717, 1.165) is 12.8 Å². The molecule has 80 valence electrons. The Morgan fingerprint density at radius 2 is 1.79 bits per heavy atom. The van der Waals surface area contributed by atoms with Crippen LogP contribution in [0.5, 0.6) is 0 Å². The SMILES string of the molecule is COC(=O)C1(C)CC=CC1.COC=O. The summed E-state index contributed by atoms with van der Waals surface area (Å²) in [6.07, 6.45) is 5.69. The third-order valence-electron chi connectivity index (χ3n) is 2.08. The molecule has 0 aromatic heterocycles. The summed E-state index contributed by atoms with van der Waals surface area (Å²) in [7, 11) is 2.75. The summed E-state index contributed by atoms with van der Waals surface area (Å²) in [6, 6.07) is 0. The van der Waals surface area contributed by atoms with Gasteiger partial charge in [0.2, 0.25) is 0 Å². The van der Waals surface area contributed by atoms with Crippen LogP contribution in [0.4, 0.5) is 0 Å². The first-order valence-corrected chi connectivity index (χ1v) is 4.30. The second-order valence-electron chi connectivity index (χ2n) is 3.26. The van der Waals surface area contributed by atoms with E-state index in [1.54, 1.807) is 0 Å². The molecule has 0 aromatic carbocycles. The Bertz CT molecular complexity index is 212. The molecule has 0 unspecified atom stereocenters. The van der Waals surface area contributed by atoms with Crippen molar-refractivity contribution in [3.05, 3.63) is 12.2 Å². The van der Waals surface area contributed by atoms with Crippen molar-refractivity contribution >= 4 is 12.4 Å². The van der Waals surface area contributed by atoms with Gasteiger partial charge in [-0.2, -0.15) is 0 Å². The first kappa shape index (κ1) is 12.7. The van der Waals surface area contributed by atoms with Crippen LogP contribution in [-0.4, -0.2) is 26.7 Å². The number of allylic oxidation sites excluding steroid dienone is 2. The van der Waals surface area contributed by atoms with E-state index in [2.05, 4.69) is 9.47 Å². The van der Waals surface area contributed by atoms with Gasteiger partial charge in [0.15, 0.2) is 0 Å². The second-order valence-corrected chi connectivity index (χ2v) is 3.26. The molecule has 4 heteroatoms. The summed E-state index contributed by atoms with van der Waals surface area (Å²) in [5, 5.41) is 0. The van der Waals surface area contributed by atoms with Crippen molar-refractivity contribution in [3.63, 3.8) is 0 Å². The lowest BCUT2D eigenvalue weighted by Crippen LogP contribution is -2.25. The molecule has 0 atom stereocenters. The molecule has 0 saturated carbocycles. The molecule has 1 aliphatic carbocycles. The monoisotopic (exact) mass is 200 g/mol. The maximum atomic E-state index is 11.1. The van der Waals surface area contributed by atoms with Crippen LogP contribution in [0, 0.1) is 5.41 Å². The number of methoxy groups -OCH3 is 2. The highest BCUT2D eigenvalue weighted by Crippen LogP contribution is 2.33. The van der Waals surface area contributed by atoms with Crippen LogP contribution in [0.2, 0.25) is 0 Å². The Kier molecular flexibility index (Phi) is 5.60. The van der Waals surface area contributed by atoms with Crippen LogP contribution in [0.25, 0.3) is 0 Å². The first-order chi connectivity index (χ1) is 6.60. The van der Waals surface area contributed by atoms with Crippen LogP contribution < -0.4 is 0 Å². The highest BCUT2D eigenvalue weighted by molar-refractivity contribution is 5.77. The topological polar surface area (TPSA) is 52.6 Å². The molecule has 14 heavy (non-hydrogen) atoms. The fraction of sp³-hybridized carbons (Fsp3) is 0.600. The summed E-state index contributed by atoms with van der Waals surface area (Å²) in [5.41, 5.74) is -0.269. The van der Waals surface area contributed by atoms with Crippen molar-refractivity contribution in [1.29, 1.82) is 0 Å². The molecular formula is C10H16O4. The van der Waals surface area contributed by atoms with Gasteiger partial charge in [-0.25, -0.2) is 0 Å². The largest absolute Gasteiger partial charge is 0.471 e. The zero-order valence-electron chi connectivity index (χ0n) is 8.78.